The minimum absolute atomic E-state index is 0. The van der Waals surface area contributed by atoms with Crippen LogP contribution in [0.2, 0.25) is 0 Å². The van der Waals surface area contributed by atoms with E-state index in [-0.39, 0.29) is 30.1 Å². The number of nitrogens with one attached hydrogen (secondary N) is 2. The van der Waals surface area contributed by atoms with Gasteiger partial charge in [0.1, 0.15) is 11.9 Å². The summed E-state index contributed by atoms with van der Waals surface area (Å²) >= 11 is 0. The van der Waals surface area contributed by atoms with E-state index in [1.54, 1.807) is 0 Å². The molecule has 0 saturated heterocycles. The summed E-state index contributed by atoms with van der Waals surface area (Å²) in [5, 5.41) is 7.22. The highest BCUT2D eigenvalue weighted by Gasteiger charge is 2.26. The molecule has 1 fully saturated rings. The molecule has 2 N–H and O–H groups in total. The van der Waals surface area contributed by atoms with Crippen molar-refractivity contribution in [2.45, 2.75) is 63.3 Å². The molecule has 0 spiro atoms. The molecule has 27 heavy (non-hydrogen) atoms. The highest BCUT2D eigenvalue weighted by atomic mass is 127. The lowest BCUT2D eigenvalue weighted by Gasteiger charge is -2.30. The number of aliphatic imine (C=N–C) groups is 1. The fraction of sp³-hybridized carbons (Fsp3) is 0.650. The standard InChI is InChI=1S/C20H31N3O2S.HI/c1-3-21-20(23-16-9-7-10-18(13-16)26(24)4-2)22-14-17-12-15-8-5-6-11-19(15)25-17;/h5-6,8,11,16-18H,3-4,7,9-10,12-14H2,1-2H3,(H2,21,22,23);1H. The molecule has 0 amide bonds. The molecular formula is C20H32IN3O2S. The van der Waals surface area contributed by atoms with Gasteiger partial charge in [0.25, 0.3) is 0 Å². The molecule has 1 heterocycles. The predicted molar refractivity (Wildman–Crippen MR) is 124 cm³/mol. The van der Waals surface area contributed by atoms with Crippen molar-refractivity contribution in [3.8, 4) is 5.75 Å². The summed E-state index contributed by atoms with van der Waals surface area (Å²) in [6, 6.07) is 8.57. The third-order valence-electron chi connectivity index (χ3n) is 5.13. The molecular weight excluding hydrogens is 473 g/mol. The van der Waals surface area contributed by atoms with E-state index in [9.17, 15) is 4.21 Å². The summed E-state index contributed by atoms with van der Waals surface area (Å²) in [6.45, 7) is 5.56. The van der Waals surface area contributed by atoms with Crippen LogP contribution in [0.4, 0.5) is 0 Å². The van der Waals surface area contributed by atoms with Crippen LogP contribution in [-0.2, 0) is 17.2 Å². The fourth-order valence-electron chi connectivity index (χ4n) is 3.81. The van der Waals surface area contributed by atoms with Gasteiger partial charge in [-0.15, -0.1) is 24.0 Å². The van der Waals surface area contributed by atoms with E-state index >= 15 is 0 Å². The van der Waals surface area contributed by atoms with Crippen molar-refractivity contribution in [2.24, 2.45) is 4.99 Å². The zero-order chi connectivity index (χ0) is 18.4. The molecule has 1 aliphatic heterocycles. The Morgan fingerprint density at radius 2 is 2.11 bits per heavy atom. The van der Waals surface area contributed by atoms with Crippen LogP contribution in [0.5, 0.6) is 5.75 Å². The first-order valence-electron chi connectivity index (χ1n) is 9.86. The fourth-order valence-corrected chi connectivity index (χ4v) is 5.16. The summed E-state index contributed by atoms with van der Waals surface area (Å²) < 4.78 is 18.1. The number of hydrogen-bond donors (Lipinski definition) is 2. The Bertz CT molecular complexity index is 631. The predicted octanol–water partition coefficient (Wildman–Crippen LogP) is 3.24. The van der Waals surface area contributed by atoms with Crippen LogP contribution in [0, 0.1) is 0 Å². The van der Waals surface area contributed by atoms with E-state index in [0.717, 1.165) is 56.1 Å². The molecule has 1 aliphatic carbocycles. The Balaban J connectivity index is 0.00000261. The molecule has 3 rings (SSSR count). The molecule has 7 heteroatoms. The number of guanidine groups is 1. The molecule has 5 nitrogen and oxygen atoms in total. The van der Waals surface area contributed by atoms with Crippen molar-refractivity contribution in [1.29, 1.82) is 0 Å². The van der Waals surface area contributed by atoms with E-state index in [1.807, 2.05) is 19.1 Å². The number of rotatable bonds is 6. The zero-order valence-electron chi connectivity index (χ0n) is 16.3. The molecule has 0 radical (unpaired) electrons. The lowest BCUT2D eigenvalue weighted by Crippen LogP contribution is -2.47. The third kappa shape index (κ3) is 6.34. The van der Waals surface area contributed by atoms with Crippen LogP contribution in [-0.4, -0.2) is 46.4 Å². The van der Waals surface area contributed by atoms with Gasteiger partial charge < -0.3 is 15.4 Å². The Morgan fingerprint density at radius 3 is 2.85 bits per heavy atom. The van der Waals surface area contributed by atoms with E-state index in [4.69, 9.17) is 9.73 Å². The second-order valence-electron chi connectivity index (χ2n) is 7.07. The van der Waals surface area contributed by atoms with Gasteiger partial charge in [-0.25, -0.2) is 4.99 Å². The summed E-state index contributed by atoms with van der Waals surface area (Å²) in [6.07, 6.45) is 5.33. The summed E-state index contributed by atoms with van der Waals surface area (Å²) in [7, 11) is -0.701. The lowest BCUT2D eigenvalue weighted by molar-refractivity contribution is 0.241. The first-order chi connectivity index (χ1) is 12.7. The van der Waals surface area contributed by atoms with E-state index in [2.05, 4.69) is 29.7 Å². The van der Waals surface area contributed by atoms with Crippen molar-refractivity contribution >= 4 is 40.7 Å². The van der Waals surface area contributed by atoms with Crippen molar-refractivity contribution in [1.82, 2.24) is 10.6 Å². The van der Waals surface area contributed by atoms with Gasteiger partial charge in [-0.2, -0.15) is 0 Å². The van der Waals surface area contributed by atoms with E-state index in [0.29, 0.717) is 17.8 Å². The molecule has 1 aromatic carbocycles. The molecule has 1 saturated carbocycles. The van der Waals surface area contributed by atoms with Crippen molar-refractivity contribution in [3.63, 3.8) is 0 Å². The van der Waals surface area contributed by atoms with Gasteiger partial charge in [0, 0.05) is 40.8 Å². The number of ether oxygens (including phenoxy) is 1. The first-order valence-corrected chi connectivity index (χ1v) is 11.2. The van der Waals surface area contributed by atoms with Crippen LogP contribution in [0.3, 0.4) is 0 Å². The van der Waals surface area contributed by atoms with Crippen LogP contribution < -0.4 is 15.4 Å². The SMILES string of the molecule is CCNC(=NCC1Cc2ccccc2O1)NC1CCCC(S(=O)CC)C1.I. The maximum absolute atomic E-state index is 12.2. The molecule has 0 aromatic heterocycles. The number of para-hydroxylation sites is 1. The Morgan fingerprint density at radius 1 is 1.30 bits per heavy atom. The summed E-state index contributed by atoms with van der Waals surface area (Å²) in [5.41, 5.74) is 1.27. The number of halogens is 1. The Kier molecular flexibility index (Phi) is 9.35. The number of benzene rings is 1. The maximum Gasteiger partial charge on any atom is 0.191 e. The van der Waals surface area contributed by atoms with Gasteiger partial charge in [0.15, 0.2) is 5.96 Å². The Hall–Kier alpha value is -0.830. The summed E-state index contributed by atoms with van der Waals surface area (Å²) in [5.74, 6) is 2.59. The highest BCUT2D eigenvalue weighted by molar-refractivity contribution is 14.0. The second kappa shape index (κ2) is 11.2. The number of fused-ring (bicyclic) bond motifs is 1. The van der Waals surface area contributed by atoms with Gasteiger partial charge in [-0.3, -0.25) is 4.21 Å². The maximum atomic E-state index is 12.2. The minimum Gasteiger partial charge on any atom is -0.488 e. The smallest absolute Gasteiger partial charge is 0.191 e. The van der Waals surface area contributed by atoms with Gasteiger partial charge in [0.05, 0.1) is 6.54 Å². The lowest BCUT2D eigenvalue weighted by atomic mass is 9.95. The van der Waals surface area contributed by atoms with Gasteiger partial charge in [-0.1, -0.05) is 31.5 Å². The highest BCUT2D eigenvalue weighted by Crippen LogP contribution is 2.28. The van der Waals surface area contributed by atoms with Gasteiger partial charge in [-0.05, 0) is 37.8 Å². The Labute approximate surface area is 182 Å². The third-order valence-corrected chi connectivity index (χ3v) is 6.88. The van der Waals surface area contributed by atoms with Gasteiger partial charge >= 0.3 is 0 Å². The van der Waals surface area contributed by atoms with Gasteiger partial charge in [0.2, 0.25) is 0 Å². The van der Waals surface area contributed by atoms with Crippen molar-refractivity contribution in [2.75, 3.05) is 18.8 Å². The van der Waals surface area contributed by atoms with E-state index < -0.39 is 10.8 Å². The van der Waals surface area contributed by atoms with Crippen LogP contribution in [0.1, 0.15) is 45.1 Å². The summed E-state index contributed by atoms with van der Waals surface area (Å²) in [4.78, 5) is 4.76. The molecule has 2 aliphatic rings. The van der Waals surface area contributed by atoms with Crippen LogP contribution in [0.25, 0.3) is 0 Å². The molecule has 4 unspecified atom stereocenters. The molecule has 152 valence electrons. The number of nitrogens with zero attached hydrogens (tertiary/aromatic N) is 1. The molecule has 0 bridgehead atoms. The average Bonchev–Trinajstić information content (AvgIpc) is 3.09. The van der Waals surface area contributed by atoms with E-state index in [1.165, 1.54) is 5.56 Å². The molecule has 4 atom stereocenters. The quantitative estimate of drug-likeness (QED) is 0.354. The van der Waals surface area contributed by atoms with Crippen LogP contribution in [0.15, 0.2) is 29.3 Å². The van der Waals surface area contributed by atoms with Crippen LogP contribution >= 0.6 is 24.0 Å². The largest absolute Gasteiger partial charge is 0.488 e. The average molecular weight is 505 g/mol. The minimum atomic E-state index is -0.701. The molecule has 1 aromatic rings. The normalized spacial score (nSPS) is 25.7. The monoisotopic (exact) mass is 505 g/mol. The van der Waals surface area contributed by atoms with Crippen molar-refractivity contribution in [3.05, 3.63) is 29.8 Å². The van der Waals surface area contributed by atoms with Crippen molar-refractivity contribution < 1.29 is 8.95 Å². The topological polar surface area (TPSA) is 62.7 Å². The second-order valence-corrected chi connectivity index (χ2v) is 9.08. The zero-order valence-corrected chi connectivity index (χ0v) is 19.4. The first kappa shape index (κ1) is 22.5. The number of hydrogen-bond acceptors (Lipinski definition) is 3.